The number of carbonyl (C=O) groups excluding carboxylic acids is 1. The Morgan fingerprint density at radius 1 is 1.02 bits per heavy atom. The lowest BCUT2D eigenvalue weighted by atomic mass is 10.0. The number of nitrogens with two attached hydrogens (primary N) is 1. The minimum Gasteiger partial charge on any atom is -0.366 e. The van der Waals surface area contributed by atoms with Crippen molar-refractivity contribution in [1.82, 2.24) is 9.55 Å². The van der Waals surface area contributed by atoms with Crippen molar-refractivity contribution in [3.63, 3.8) is 0 Å². The fourth-order valence-corrected chi connectivity index (χ4v) is 6.35. The van der Waals surface area contributed by atoms with Crippen LogP contribution in [0.2, 0.25) is 0 Å². The Morgan fingerprint density at radius 3 is 2.23 bits per heavy atom. The molecule has 14 heteroatoms. The monoisotopic (exact) mass is 629 g/mol. The molecule has 2 N–H and O–H groups in total. The first-order valence-corrected chi connectivity index (χ1v) is 14.5. The van der Waals surface area contributed by atoms with E-state index in [0.717, 1.165) is 56.4 Å². The molecule has 2 aromatic carbocycles. The molecule has 0 fully saturated rings. The van der Waals surface area contributed by atoms with E-state index in [4.69, 9.17) is 5.73 Å². The number of carbonyl (C=O) groups is 1. The molecule has 0 saturated carbocycles. The Balaban J connectivity index is 1.96. The van der Waals surface area contributed by atoms with E-state index in [2.05, 4.69) is 4.98 Å². The van der Waals surface area contributed by atoms with Crippen LogP contribution in [0, 0.1) is 11.7 Å². The summed E-state index contributed by atoms with van der Waals surface area (Å²) < 4.78 is 122. The van der Waals surface area contributed by atoms with Gasteiger partial charge in [0, 0.05) is 17.3 Å². The molecule has 2 heterocycles. The zero-order chi connectivity index (χ0) is 32.1. The second kappa shape index (κ2) is 11.3. The van der Waals surface area contributed by atoms with E-state index < -0.39 is 62.0 Å². The molecule has 0 aliphatic heterocycles. The summed E-state index contributed by atoms with van der Waals surface area (Å²) in [5, 5.41) is -1.44. The number of rotatable bonds is 8. The van der Waals surface area contributed by atoms with E-state index in [9.17, 15) is 43.9 Å². The smallest absolute Gasteiger partial charge is 0.366 e. The van der Waals surface area contributed by atoms with Crippen LogP contribution < -0.4 is 5.73 Å². The molecule has 6 nitrogen and oxygen atoms in total. The molecule has 4 rings (SSSR count). The van der Waals surface area contributed by atoms with Gasteiger partial charge in [0.15, 0.2) is 9.84 Å². The molecular formula is C29H26F7N3O3S. The molecule has 2 atom stereocenters. The number of amides is 1. The van der Waals surface area contributed by atoms with Crippen molar-refractivity contribution in [3.8, 4) is 17.1 Å². The first kappa shape index (κ1) is 32.0. The maximum atomic E-state index is 14.9. The van der Waals surface area contributed by atoms with Crippen LogP contribution in [0.4, 0.5) is 30.7 Å². The first-order chi connectivity index (χ1) is 19.9. The van der Waals surface area contributed by atoms with Crippen LogP contribution in [-0.2, 0) is 22.4 Å². The quantitative estimate of drug-likeness (QED) is 0.208. The van der Waals surface area contributed by atoms with Gasteiger partial charge in [-0.05, 0) is 67.8 Å². The van der Waals surface area contributed by atoms with Crippen molar-refractivity contribution < 1.29 is 43.9 Å². The van der Waals surface area contributed by atoms with E-state index >= 15 is 0 Å². The minimum absolute atomic E-state index is 0.0112. The number of halogens is 7. The summed E-state index contributed by atoms with van der Waals surface area (Å²) in [4.78, 5) is 16.5. The minimum atomic E-state index is -4.72. The number of alkyl halides is 6. The Bertz CT molecular complexity index is 1800. The lowest BCUT2D eigenvalue weighted by Gasteiger charge is -2.20. The predicted molar refractivity (Wildman–Crippen MR) is 146 cm³/mol. The van der Waals surface area contributed by atoms with Crippen LogP contribution in [0.1, 0.15) is 48.7 Å². The fourth-order valence-electron chi connectivity index (χ4n) is 4.88. The highest BCUT2D eigenvalue weighted by Gasteiger charge is 2.39. The van der Waals surface area contributed by atoms with Gasteiger partial charge in [0.25, 0.3) is 5.91 Å². The summed E-state index contributed by atoms with van der Waals surface area (Å²) in [5.74, 6) is -3.62. The van der Waals surface area contributed by atoms with Crippen molar-refractivity contribution in [2.45, 2.75) is 56.1 Å². The highest BCUT2D eigenvalue weighted by atomic mass is 32.2. The lowest BCUT2D eigenvalue weighted by Crippen LogP contribution is -2.28. The number of nitrogens with zero attached hydrogens (tertiary/aromatic N) is 2. The molecule has 0 bridgehead atoms. The van der Waals surface area contributed by atoms with Crippen molar-refractivity contribution in [2.24, 2.45) is 11.7 Å². The van der Waals surface area contributed by atoms with Gasteiger partial charge in [0.05, 0.1) is 44.1 Å². The number of sulfone groups is 1. The Labute approximate surface area is 242 Å². The highest BCUT2D eigenvalue weighted by molar-refractivity contribution is 7.92. The van der Waals surface area contributed by atoms with E-state index in [-0.39, 0.29) is 45.5 Å². The van der Waals surface area contributed by atoms with Crippen LogP contribution in [-0.4, -0.2) is 35.3 Å². The number of primary amides is 1. The van der Waals surface area contributed by atoms with Crippen molar-refractivity contribution in [2.75, 3.05) is 0 Å². The van der Waals surface area contributed by atoms with Crippen LogP contribution in [0.15, 0.2) is 59.6 Å². The molecule has 0 radical (unpaired) electrons. The molecule has 0 aliphatic rings. The fraction of sp³-hybridized carbons (Fsp3) is 0.310. The average molecular weight is 630 g/mol. The number of fused-ring (bicyclic) bond motifs is 1. The third-order valence-corrected chi connectivity index (χ3v) is 9.43. The second-order valence-corrected chi connectivity index (χ2v) is 12.6. The topological polar surface area (TPSA) is 95.1 Å². The largest absolute Gasteiger partial charge is 0.416 e. The van der Waals surface area contributed by atoms with Gasteiger partial charge < -0.3 is 10.3 Å². The number of pyridine rings is 1. The summed E-state index contributed by atoms with van der Waals surface area (Å²) in [6.07, 6.45) is -8.91. The van der Waals surface area contributed by atoms with Crippen LogP contribution in [0.25, 0.3) is 28.0 Å². The molecule has 4 aromatic rings. The highest BCUT2D eigenvalue weighted by Crippen LogP contribution is 2.39. The Kier molecular flexibility index (Phi) is 8.39. The van der Waals surface area contributed by atoms with Gasteiger partial charge in [0.2, 0.25) is 0 Å². The standard InChI is InChI=1S/C29H26F7N3O3S/c1-4-17-11-24-21(13-22(17)30)25(27(37)40)26(39(24)19-7-5-6-18(12-19)29(34,35)36)23-9-8-20(14-38-23)43(41,42)16(3)10-15(2)28(31,32)33/h5-9,11-16H,4,10H2,1-3H3,(H2,37,40). The maximum absolute atomic E-state index is 14.9. The van der Waals surface area contributed by atoms with Gasteiger partial charge in [-0.25, -0.2) is 12.8 Å². The van der Waals surface area contributed by atoms with Gasteiger partial charge in [0.1, 0.15) is 5.82 Å². The average Bonchev–Trinajstić information content (AvgIpc) is 3.25. The predicted octanol–water partition coefficient (Wildman–Crippen LogP) is 7.26. The van der Waals surface area contributed by atoms with Crippen LogP contribution >= 0.6 is 0 Å². The summed E-state index contributed by atoms with van der Waals surface area (Å²) in [6, 6.07) is 8.81. The SMILES string of the molecule is CCc1cc2c(cc1F)c(C(N)=O)c(-c1ccc(S(=O)(=O)C(C)CC(C)C(F)(F)F)cn1)n2-c1cccc(C(F)(F)F)c1. The number of aromatic nitrogens is 2. The maximum Gasteiger partial charge on any atom is 0.416 e. The number of hydrogen-bond acceptors (Lipinski definition) is 4. The van der Waals surface area contributed by atoms with Crippen molar-refractivity contribution in [1.29, 1.82) is 0 Å². The van der Waals surface area contributed by atoms with E-state index in [1.165, 1.54) is 16.7 Å². The summed E-state index contributed by atoms with van der Waals surface area (Å²) in [7, 11) is -4.28. The first-order valence-electron chi connectivity index (χ1n) is 13.0. The molecule has 2 unspecified atom stereocenters. The van der Waals surface area contributed by atoms with Gasteiger partial charge in [-0.1, -0.05) is 19.9 Å². The normalized spacial score (nSPS) is 14.2. The molecule has 0 spiro atoms. The third-order valence-electron chi connectivity index (χ3n) is 7.28. The van der Waals surface area contributed by atoms with Crippen LogP contribution in [0.5, 0.6) is 0 Å². The Hall–Kier alpha value is -3.94. The van der Waals surface area contributed by atoms with Crippen LogP contribution in [0.3, 0.4) is 0 Å². The number of aryl methyl sites for hydroxylation is 1. The molecular weight excluding hydrogens is 603 g/mol. The van der Waals surface area contributed by atoms with E-state index in [1.54, 1.807) is 6.92 Å². The molecule has 2 aromatic heterocycles. The third kappa shape index (κ3) is 6.10. The lowest BCUT2D eigenvalue weighted by molar-refractivity contribution is -0.170. The second-order valence-electron chi connectivity index (χ2n) is 10.2. The van der Waals surface area contributed by atoms with Crippen molar-refractivity contribution >= 4 is 26.6 Å². The molecule has 230 valence electrons. The zero-order valence-corrected chi connectivity index (χ0v) is 23.8. The summed E-state index contributed by atoms with van der Waals surface area (Å²) >= 11 is 0. The van der Waals surface area contributed by atoms with Gasteiger partial charge >= 0.3 is 12.4 Å². The molecule has 43 heavy (non-hydrogen) atoms. The molecule has 0 aliphatic carbocycles. The van der Waals surface area contributed by atoms with E-state index in [0.29, 0.717) is 0 Å². The van der Waals surface area contributed by atoms with Gasteiger partial charge in [-0.15, -0.1) is 0 Å². The zero-order valence-electron chi connectivity index (χ0n) is 23.0. The summed E-state index contributed by atoms with van der Waals surface area (Å²) in [6.45, 7) is 3.68. The molecule has 0 saturated heterocycles. The van der Waals surface area contributed by atoms with Crippen molar-refractivity contribution in [3.05, 3.63) is 77.2 Å². The van der Waals surface area contributed by atoms with Gasteiger partial charge in [-0.2, -0.15) is 26.3 Å². The number of hydrogen-bond donors (Lipinski definition) is 1. The van der Waals surface area contributed by atoms with E-state index in [1.807, 2.05) is 0 Å². The summed E-state index contributed by atoms with van der Waals surface area (Å²) in [5.41, 5.74) is 4.46. The molecule has 1 amide bonds. The number of benzene rings is 2. The van der Waals surface area contributed by atoms with Gasteiger partial charge in [-0.3, -0.25) is 9.78 Å². The Morgan fingerprint density at radius 2 is 1.70 bits per heavy atom.